The minimum absolute atomic E-state index is 0.121. The number of carbonyl (C=O) groups is 1. The molecule has 0 radical (unpaired) electrons. The van der Waals surface area contributed by atoms with Gasteiger partial charge in [-0.2, -0.15) is 5.26 Å². The molecular formula is C16H6Cl2FNO2S. The molecule has 0 bridgehead atoms. The molecule has 3 nitrogen and oxygen atoms in total. The van der Waals surface area contributed by atoms with E-state index < -0.39 is 11.8 Å². The molecule has 0 aliphatic carbocycles. The first-order valence-corrected chi connectivity index (χ1v) is 7.86. The molecule has 0 aliphatic rings. The van der Waals surface area contributed by atoms with E-state index in [0.717, 1.165) is 11.3 Å². The summed E-state index contributed by atoms with van der Waals surface area (Å²) in [5.41, 5.74) is 0.352. The Hall–Kier alpha value is -2.13. The van der Waals surface area contributed by atoms with Crippen molar-refractivity contribution >= 4 is 50.6 Å². The first-order valence-electron chi connectivity index (χ1n) is 6.29. The Kier molecular flexibility index (Phi) is 4.22. The Labute approximate surface area is 144 Å². The number of halogens is 3. The average molecular weight is 366 g/mol. The third-order valence-electron chi connectivity index (χ3n) is 3.04. The normalized spacial score (nSPS) is 10.5. The van der Waals surface area contributed by atoms with Gasteiger partial charge < -0.3 is 4.74 Å². The third-order valence-corrected chi connectivity index (χ3v) is 4.97. The summed E-state index contributed by atoms with van der Waals surface area (Å²) in [5, 5.41) is 9.72. The number of carbonyl (C=O) groups excluding carboxylic acids is 1. The monoisotopic (exact) mass is 365 g/mol. The highest BCUT2D eigenvalue weighted by molar-refractivity contribution is 7.21. The van der Waals surface area contributed by atoms with Crippen LogP contribution in [-0.4, -0.2) is 5.97 Å². The molecule has 3 rings (SSSR count). The first kappa shape index (κ1) is 15.8. The summed E-state index contributed by atoms with van der Waals surface area (Å²) in [6, 6.07) is 10.3. The maximum Gasteiger partial charge on any atom is 0.355 e. The summed E-state index contributed by atoms with van der Waals surface area (Å²) in [6.45, 7) is 0. The van der Waals surface area contributed by atoms with Gasteiger partial charge in [-0.3, -0.25) is 0 Å². The van der Waals surface area contributed by atoms with Crippen molar-refractivity contribution in [1.82, 2.24) is 0 Å². The van der Waals surface area contributed by atoms with Gasteiger partial charge in [-0.05, 0) is 36.4 Å². The van der Waals surface area contributed by atoms with Gasteiger partial charge in [0.15, 0.2) is 0 Å². The molecule has 114 valence electrons. The van der Waals surface area contributed by atoms with Gasteiger partial charge in [-0.25, -0.2) is 9.18 Å². The zero-order chi connectivity index (χ0) is 16.6. The van der Waals surface area contributed by atoms with E-state index in [1.165, 1.54) is 36.4 Å². The molecule has 0 unspecified atom stereocenters. The van der Waals surface area contributed by atoms with Gasteiger partial charge in [0, 0.05) is 10.1 Å². The summed E-state index contributed by atoms with van der Waals surface area (Å²) in [7, 11) is 0. The maximum absolute atomic E-state index is 13.3. The van der Waals surface area contributed by atoms with Gasteiger partial charge >= 0.3 is 5.97 Å². The average Bonchev–Trinajstić information content (AvgIpc) is 2.85. The standard InChI is InChI=1S/C16H6Cl2FNO2S/c17-11-5-8(7-20)1-4-12(11)22-16(21)15-14(18)10-3-2-9(19)6-13(10)23-15/h1-6H. The van der Waals surface area contributed by atoms with Crippen LogP contribution in [0.15, 0.2) is 36.4 Å². The predicted octanol–water partition coefficient (Wildman–Crippen LogP) is 5.44. The summed E-state index contributed by atoms with van der Waals surface area (Å²) >= 11 is 13.2. The second-order valence-corrected chi connectivity index (χ2v) is 6.37. The van der Waals surface area contributed by atoms with Crippen molar-refractivity contribution in [1.29, 1.82) is 5.26 Å². The second-order valence-electron chi connectivity index (χ2n) is 4.53. The number of nitrogens with zero attached hydrogens (tertiary/aromatic N) is 1. The van der Waals surface area contributed by atoms with Crippen LogP contribution < -0.4 is 4.74 Å². The number of esters is 1. The smallest absolute Gasteiger partial charge is 0.355 e. The lowest BCUT2D eigenvalue weighted by Gasteiger charge is -2.05. The fraction of sp³-hybridized carbons (Fsp3) is 0. The van der Waals surface area contributed by atoms with E-state index >= 15 is 0 Å². The van der Waals surface area contributed by atoms with Crippen molar-refractivity contribution in [3.63, 3.8) is 0 Å². The lowest BCUT2D eigenvalue weighted by atomic mass is 10.2. The van der Waals surface area contributed by atoms with E-state index in [1.54, 1.807) is 0 Å². The maximum atomic E-state index is 13.3. The van der Waals surface area contributed by atoms with E-state index in [-0.39, 0.29) is 20.7 Å². The van der Waals surface area contributed by atoms with Crippen molar-refractivity contribution < 1.29 is 13.9 Å². The Morgan fingerprint density at radius 1 is 1.22 bits per heavy atom. The first-order chi connectivity index (χ1) is 11.0. The quantitative estimate of drug-likeness (QED) is 0.448. The zero-order valence-electron chi connectivity index (χ0n) is 11.3. The number of fused-ring (bicyclic) bond motifs is 1. The van der Waals surface area contributed by atoms with Gasteiger partial charge in [0.1, 0.15) is 16.4 Å². The lowest BCUT2D eigenvalue weighted by Crippen LogP contribution is -2.07. The fourth-order valence-electron chi connectivity index (χ4n) is 1.97. The lowest BCUT2D eigenvalue weighted by molar-refractivity contribution is 0.0740. The molecule has 2 aromatic carbocycles. The largest absolute Gasteiger partial charge is 0.421 e. The molecule has 0 N–H and O–H groups in total. The van der Waals surface area contributed by atoms with E-state index in [2.05, 4.69) is 0 Å². The molecule has 0 saturated carbocycles. The molecule has 0 amide bonds. The van der Waals surface area contributed by atoms with Gasteiger partial charge in [0.2, 0.25) is 0 Å². The van der Waals surface area contributed by atoms with Crippen molar-refractivity contribution in [3.05, 3.63) is 62.7 Å². The van der Waals surface area contributed by atoms with Crippen molar-refractivity contribution in [2.45, 2.75) is 0 Å². The molecule has 23 heavy (non-hydrogen) atoms. The van der Waals surface area contributed by atoms with Crippen LogP contribution in [0, 0.1) is 17.1 Å². The summed E-state index contributed by atoms with van der Waals surface area (Å²) in [6.07, 6.45) is 0. The Balaban J connectivity index is 1.95. The molecule has 1 aromatic heterocycles. The minimum atomic E-state index is -0.691. The molecule has 1 heterocycles. The second kappa shape index (κ2) is 6.17. The number of hydrogen-bond donors (Lipinski definition) is 0. The van der Waals surface area contributed by atoms with Crippen LogP contribution in [0.4, 0.5) is 4.39 Å². The van der Waals surface area contributed by atoms with Gasteiger partial charge in [0.05, 0.1) is 21.7 Å². The van der Waals surface area contributed by atoms with Crippen LogP contribution >= 0.6 is 34.5 Å². The number of rotatable bonds is 2. The van der Waals surface area contributed by atoms with Crippen molar-refractivity contribution in [2.24, 2.45) is 0 Å². The highest BCUT2D eigenvalue weighted by atomic mass is 35.5. The number of thiophene rings is 1. The SMILES string of the molecule is N#Cc1ccc(OC(=O)c2sc3cc(F)ccc3c2Cl)c(Cl)c1. The van der Waals surface area contributed by atoms with E-state index in [1.807, 2.05) is 6.07 Å². The van der Waals surface area contributed by atoms with Gasteiger partial charge in [0.25, 0.3) is 0 Å². The minimum Gasteiger partial charge on any atom is -0.421 e. The Morgan fingerprint density at radius 3 is 2.70 bits per heavy atom. The molecular weight excluding hydrogens is 360 g/mol. The number of hydrogen-bond acceptors (Lipinski definition) is 4. The highest BCUT2D eigenvalue weighted by Gasteiger charge is 2.20. The van der Waals surface area contributed by atoms with Gasteiger partial charge in [-0.1, -0.05) is 23.2 Å². The molecule has 0 aliphatic heterocycles. The van der Waals surface area contributed by atoms with Crippen molar-refractivity contribution in [2.75, 3.05) is 0 Å². The summed E-state index contributed by atoms with van der Waals surface area (Å²) in [4.78, 5) is 12.4. The molecule has 0 saturated heterocycles. The Morgan fingerprint density at radius 2 is 2.00 bits per heavy atom. The number of nitriles is 1. The number of benzene rings is 2. The fourth-order valence-corrected chi connectivity index (χ4v) is 3.60. The van der Waals surface area contributed by atoms with E-state index in [4.69, 9.17) is 33.2 Å². The van der Waals surface area contributed by atoms with Crippen LogP contribution in [0.3, 0.4) is 0 Å². The van der Waals surface area contributed by atoms with Crippen molar-refractivity contribution in [3.8, 4) is 11.8 Å². The molecule has 0 spiro atoms. The highest BCUT2D eigenvalue weighted by Crippen LogP contribution is 2.37. The third kappa shape index (κ3) is 3.02. The van der Waals surface area contributed by atoms with Crippen LogP contribution in [0.25, 0.3) is 10.1 Å². The number of ether oxygens (including phenoxy) is 1. The molecule has 3 aromatic rings. The predicted molar refractivity (Wildman–Crippen MR) is 87.9 cm³/mol. The molecule has 0 atom stereocenters. The van der Waals surface area contributed by atoms with E-state index in [0.29, 0.717) is 15.6 Å². The topological polar surface area (TPSA) is 50.1 Å². The molecule has 7 heteroatoms. The summed E-state index contributed by atoms with van der Waals surface area (Å²) < 4.78 is 19.0. The van der Waals surface area contributed by atoms with E-state index in [9.17, 15) is 9.18 Å². The molecule has 0 fully saturated rings. The zero-order valence-corrected chi connectivity index (χ0v) is 13.6. The van der Waals surface area contributed by atoms with Gasteiger partial charge in [-0.15, -0.1) is 11.3 Å². The van der Waals surface area contributed by atoms with Crippen LogP contribution in [0.2, 0.25) is 10.0 Å². The summed E-state index contributed by atoms with van der Waals surface area (Å²) in [5.74, 6) is -0.982. The Bertz CT molecular complexity index is 978. The van der Waals surface area contributed by atoms with Crippen LogP contribution in [0.1, 0.15) is 15.2 Å². The van der Waals surface area contributed by atoms with Crippen LogP contribution in [0.5, 0.6) is 5.75 Å². The van der Waals surface area contributed by atoms with Crippen LogP contribution in [-0.2, 0) is 0 Å².